The lowest BCUT2D eigenvalue weighted by molar-refractivity contribution is -0.123. The molecule has 6 nitrogen and oxygen atoms in total. The number of ether oxygens (including phenoxy) is 1. The van der Waals surface area contributed by atoms with Crippen molar-refractivity contribution in [3.63, 3.8) is 0 Å². The third kappa shape index (κ3) is 5.02. The number of hydrogen-bond acceptors (Lipinski definition) is 7. The molecular formula is C22H22N4O2S2. The number of amides is 1. The summed E-state index contributed by atoms with van der Waals surface area (Å²) < 4.78 is 7.01. The van der Waals surface area contributed by atoms with E-state index in [1.54, 1.807) is 17.5 Å². The van der Waals surface area contributed by atoms with Crippen LogP contribution in [0.2, 0.25) is 0 Å². The molecule has 30 heavy (non-hydrogen) atoms. The zero-order chi connectivity index (χ0) is 20.9. The molecule has 4 rings (SSSR count). The zero-order valence-electron chi connectivity index (χ0n) is 16.8. The molecule has 1 amide bonds. The molecule has 0 unspecified atom stereocenters. The second kappa shape index (κ2) is 9.34. The van der Waals surface area contributed by atoms with Gasteiger partial charge >= 0.3 is 0 Å². The lowest BCUT2D eigenvalue weighted by Gasteiger charge is -2.16. The molecule has 0 aliphatic rings. The van der Waals surface area contributed by atoms with Crippen LogP contribution in [0, 0.1) is 0 Å². The van der Waals surface area contributed by atoms with Crippen molar-refractivity contribution in [2.24, 2.45) is 0 Å². The highest BCUT2D eigenvalue weighted by Crippen LogP contribution is 2.33. The molecule has 0 atom stereocenters. The van der Waals surface area contributed by atoms with Gasteiger partial charge in [-0.1, -0.05) is 12.1 Å². The molecule has 8 heteroatoms. The smallest absolute Gasteiger partial charge is 0.258 e. The number of nitrogens with one attached hydrogen (secondary N) is 1. The van der Waals surface area contributed by atoms with Crippen LogP contribution in [-0.4, -0.2) is 41.5 Å². The van der Waals surface area contributed by atoms with E-state index in [4.69, 9.17) is 9.72 Å². The second-order valence-electron chi connectivity index (χ2n) is 7.04. The van der Waals surface area contributed by atoms with Crippen LogP contribution in [-0.2, 0) is 17.9 Å². The molecule has 0 bridgehead atoms. The number of benzene rings is 2. The highest BCUT2D eigenvalue weighted by Gasteiger charge is 2.13. The highest BCUT2D eigenvalue weighted by atomic mass is 32.1. The fourth-order valence-electron chi connectivity index (χ4n) is 3.02. The van der Waals surface area contributed by atoms with Crippen LogP contribution in [0.4, 0.5) is 0 Å². The molecule has 1 N–H and O–H groups in total. The second-order valence-corrected chi connectivity index (χ2v) is 9.05. The Morgan fingerprint density at radius 3 is 2.83 bits per heavy atom. The summed E-state index contributed by atoms with van der Waals surface area (Å²) in [7, 11) is 4.02. The van der Waals surface area contributed by atoms with Crippen molar-refractivity contribution in [1.82, 2.24) is 20.2 Å². The maximum Gasteiger partial charge on any atom is 0.258 e. The zero-order valence-corrected chi connectivity index (χ0v) is 18.4. The van der Waals surface area contributed by atoms with E-state index in [-0.39, 0.29) is 12.5 Å². The summed E-state index contributed by atoms with van der Waals surface area (Å²) in [4.78, 5) is 23.1. The van der Waals surface area contributed by atoms with Gasteiger partial charge < -0.3 is 15.0 Å². The lowest BCUT2D eigenvalue weighted by Crippen LogP contribution is -2.28. The van der Waals surface area contributed by atoms with Gasteiger partial charge in [0, 0.05) is 29.2 Å². The van der Waals surface area contributed by atoms with Crippen molar-refractivity contribution in [3.8, 4) is 16.3 Å². The van der Waals surface area contributed by atoms with Crippen LogP contribution in [0.1, 0.15) is 10.6 Å². The average Bonchev–Trinajstić information content (AvgIpc) is 3.40. The first-order chi connectivity index (χ1) is 14.6. The van der Waals surface area contributed by atoms with Crippen molar-refractivity contribution < 1.29 is 9.53 Å². The third-order valence-electron chi connectivity index (χ3n) is 4.37. The van der Waals surface area contributed by atoms with Crippen molar-refractivity contribution >= 4 is 38.8 Å². The van der Waals surface area contributed by atoms with Crippen LogP contribution in [0.15, 0.2) is 54.0 Å². The van der Waals surface area contributed by atoms with Gasteiger partial charge in [0.25, 0.3) is 5.91 Å². The largest absolute Gasteiger partial charge is 0.483 e. The Labute approximate surface area is 183 Å². The van der Waals surface area contributed by atoms with E-state index >= 15 is 0 Å². The van der Waals surface area contributed by atoms with Gasteiger partial charge in [0.2, 0.25) is 0 Å². The van der Waals surface area contributed by atoms with E-state index in [2.05, 4.69) is 27.3 Å². The Morgan fingerprint density at radius 2 is 2.07 bits per heavy atom. The summed E-state index contributed by atoms with van der Waals surface area (Å²) in [5.74, 6) is 0.536. The Kier molecular flexibility index (Phi) is 6.37. The van der Waals surface area contributed by atoms with Crippen LogP contribution in [0.3, 0.4) is 0 Å². The van der Waals surface area contributed by atoms with E-state index in [1.807, 2.05) is 49.8 Å². The predicted molar refractivity (Wildman–Crippen MR) is 122 cm³/mol. The molecule has 0 fully saturated rings. The van der Waals surface area contributed by atoms with E-state index in [1.165, 1.54) is 16.0 Å². The molecule has 0 spiro atoms. The van der Waals surface area contributed by atoms with Gasteiger partial charge in [0.15, 0.2) is 6.61 Å². The maximum atomic E-state index is 12.2. The molecular weight excluding hydrogens is 416 g/mol. The molecule has 0 radical (unpaired) electrons. The van der Waals surface area contributed by atoms with Crippen LogP contribution in [0.5, 0.6) is 5.75 Å². The predicted octanol–water partition coefficient (Wildman–Crippen LogP) is 4.18. The lowest BCUT2D eigenvalue weighted by atomic mass is 10.1. The van der Waals surface area contributed by atoms with Crippen molar-refractivity contribution in [2.75, 3.05) is 20.7 Å². The van der Waals surface area contributed by atoms with Crippen molar-refractivity contribution in [3.05, 3.63) is 64.6 Å². The van der Waals surface area contributed by atoms with Crippen LogP contribution in [0.25, 0.3) is 20.8 Å². The molecule has 2 aromatic heterocycles. The van der Waals surface area contributed by atoms with Crippen LogP contribution >= 0.6 is 22.7 Å². The van der Waals surface area contributed by atoms with Gasteiger partial charge in [-0.15, -0.1) is 22.7 Å². The number of thiazole rings is 2. The number of aromatic nitrogens is 2. The highest BCUT2D eigenvalue weighted by molar-refractivity contribution is 7.21. The summed E-state index contributed by atoms with van der Waals surface area (Å²) in [5, 5.41) is 6.57. The van der Waals surface area contributed by atoms with E-state index < -0.39 is 0 Å². The average molecular weight is 439 g/mol. The van der Waals surface area contributed by atoms with Crippen molar-refractivity contribution in [2.45, 2.75) is 13.1 Å². The van der Waals surface area contributed by atoms with Gasteiger partial charge in [-0.3, -0.25) is 4.79 Å². The Hall–Kier alpha value is -2.81. The molecule has 4 aromatic rings. The van der Waals surface area contributed by atoms with E-state index in [0.29, 0.717) is 18.8 Å². The van der Waals surface area contributed by atoms with Gasteiger partial charge in [-0.2, -0.15) is 0 Å². The van der Waals surface area contributed by atoms with Gasteiger partial charge in [-0.25, -0.2) is 9.97 Å². The van der Waals surface area contributed by atoms with E-state index in [0.717, 1.165) is 26.7 Å². The molecule has 2 aromatic carbocycles. The topological polar surface area (TPSA) is 67.4 Å². The van der Waals surface area contributed by atoms with E-state index in [9.17, 15) is 4.79 Å². The van der Waals surface area contributed by atoms with Crippen molar-refractivity contribution in [1.29, 1.82) is 0 Å². The summed E-state index contributed by atoms with van der Waals surface area (Å²) >= 11 is 3.19. The monoisotopic (exact) mass is 438 g/mol. The molecule has 2 heterocycles. The first-order valence-corrected chi connectivity index (χ1v) is 11.2. The Balaban J connectivity index is 1.48. The quantitative estimate of drug-likeness (QED) is 0.447. The summed E-state index contributed by atoms with van der Waals surface area (Å²) in [6.07, 6.45) is 1.73. The minimum Gasteiger partial charge on any atom is -0.483 e. The number of para-hydroxylation sites is 1. The minimum absolute atomic E-state index is 0.0354. The number of nitrogens with zero attached hydrogens (tertiary/aromatic N) is 3. The number of rotatable bonds is 8. The molecule has 0 saturated heterocycles. The number of carbonyl (C=O) groups is 1. The van der Waals surface area contributed by atoms with Gasteiger partial charge in [-0.05, 0) is 44.4 Å². The molecule has 0 aliphatic carbocycles. The SMILES string of the molecule is CN(C)Cc1cc(-c2nc3ccccc3s2)ccc1OCC(=O)NCc1nccs1. The third-order valence-corrected chi connectivity index (χ3v) is 6.23. The molecule has 154 valence electrons. The fourth-order valence-corrected chi connectivity index (χ4v) is 4.54. The van der Waals surface area contributed by atoms with Gasteiger partial charge in [0.05, 0.1) is 16.8 Å². The Bertz CT molecular complexity index is 1110. The summed E-state index contributed by atoms with van der Waals surface area (Å²) in [5.41, 5.74) is 3.07. The fraction of sp³-hybridized carbons (Fsp3) is 0.227. The summed E-state index contributed by atoms with van der Waals surface area (Å²) in [6.45, 7) is 1.09. The first-order valence-electron chi connectivity index (χ1n) is 9.50. The maximum absolute atomic E-state index is 12.2. The molecule has 0 saturated carbocycles. The first kappa shape index (κ1) is 20.5. The summed E-state index contributed by atoms with van der Waals surface area (Å²) in [6, 6.07) is 14.2. The number of fused-ring (bicyclic) bond motifs is 1. The standard InChI is InChI=1S/C22H22N4O2S2/c1-26(2)13-16-11-15(22-25-17-5-3-4-6-19(17)30-22)7-8-18(16)28-14-20(27)24-12-21-23-9-10-29-21/h3-11H,12-14H2,1-2H3,(H,24,27). The number of carbonyl (C=O) groups excluding carboxylic acids is 1. The molecule has 0 aliphatic heterocycles. The van der Waals surface area contributed by atoms with Crippen LogP contribution < -0.4 is 10.1 Å². The number of hydrogen-bond donors (Lipinski definition) is 1. The minimum atomic E-state index is -0.170. The normalized spacial score (nSPS) is 11.2. The Morgan fingerprint density at radius 1 is 1.20 bits per heavy atom. The van der Waals surface area contributed by atoms with Gasteiger partial charge in [0.1, 0.15) is 15.8 Å².